The summed E-state index contributed by atoms with van der Waals surface area (Å²) < 4.78 is 16.9. The largest absolute Gasteiger partial charge is 0.492 e. The molecule has 0 radical (unpaired) electrons. The highest BCUT2D eigenvalue weighted by molar-refractivity contribution is 9.10. The van der Waals surface area contributed by atoms with E-state index in [9.17, 15) is 0 Å². The third-order valence-electron chi connectivity index (χ3n) is 1.82. The molecule has 2 rings (SSSR count). The maximum absolute atomic E-state index is 5.45. The number of fused-ring (bicyclic) bond motifs is 1. The summed E-state index contributed by atoms with van der Waals surface area (Å²) in [5, 5.41) is 0. The van der Waals surface area contributed by atoms with E-state index in [4.69, 9.17) is 14.2 Å². The predicted molar refractivity (Wildman–Crippen MR) is 51.7 cm³/mol. The smallest absolute Gasteiger partial charge is 0.204 e. The maximum Gasteiger partial charge on any atom is 0.204 e. The topological polar surface area (TPSA) is 27.7 Å². The summed E-state index contributed by atoms with van der Waals surface area (Å²) in [6, 6.07) is 3.74. The molecule has 0 fully saturated rings. The fraction of sp³-hybridized carbons (Fsp3) is 0.333. The lowest BCUT2D eigenvalue weighted by atomic mass is 10.3. The highest BCUT2D eigenvalue weighted by atomic mass is 79.9. The van der Waals surface area contributed by atoms with E-state index in [0.29, 0.717) is 24.7 Å². The first-order valence-electron chi connectivity index (χ1n) is 3.95. The summed E-state index contributed by atoms with van der Waals surface area (Å²) in [5.74, 6) is 2.12. The minimum Gasteiger partial charge on any atom is -0.492 e. The van der Waals surface area contributed by atoms with E-state index in [1.165, 1.54) is 0 Å². The summed E-state index contributed by atoms with van der Waals surface area (Å²) in [4.78, 5) is 0. The maximum atomic E-state index is 5.45. The van der Waals surface area contributed by atoms with Gasteiger partial charge in [-0.15, -0.1) is 0 Å². The Bertz CT molecular complexity index is 325. The molecule has 0 atom stereocenters. The van der Waals surface area contributed by atoms with Crippen molar-refractivity contribution in [2.75, 3.05) is 20.3 Å². The zero-order valence-corrected chi connectivity index (χ0v) is 8.76. The molecule has 0 saturated heterocycles. The average molecular weight is 245 g/mol. The normalized spacial score (nSPS) is 14.0. The zero-order valence-electron chi connectivity index (χ0n) is 7.17. The number of benzene rings is 1. The Balaban J connectivity index is 2.52. The van der Waals surface area contributed by atoms with Crippen molar-refractivity contribution in [3.05, 3.63) is 16.6 Å². The molecule has 0 unspecified atom stereocenters. The Morgan fingerprint density at radius 3 is 2.85 bits per heavy atom. The van der Waals surface area contributed by atoms with Gasteiger partial charge in [0.25, 0.3) is 0 Å². The minimum absolute atomic E-state index is 0.569. The molecule has 0 aromatic heterocycles. The molecule has 1 aromatic carbocycles. The summed E-state index contributed by atoms with van der Waals surface area (Å²) in [7, 11) is 1.61. The monoisotopic (exact) mass is 244 g/mol. The Morgan fingerprint density at radius 1 is 1.31 bits per heavy atom. The summed E-state index contributed by atoms with van der Waals surface area (Å²) in [5.41, 5.74) is 0. The van der Waals surface area contributed by atoms with Crippen LogP contribution in [0, 0.1) is 0 Å². The van der Waals surface area contributed by atoms with Gasteiger partial charge in [-0.2, -0.15) is 0 Å². The Morgan fingerprint density at radius 2 is 2.08 bits per heavy atom. The van der Waals surface area contributed by atoms with Crippen molar-refractivity contribution in [3.63, 3.8) is 0 Å². The van der Waals surface area contributed by atoms with E-state index in [1.807, 2.05) is 12.1 Å². The second-order valence-electron chi connectivity index (χ2n) is 2.60. The zero-order chi connectivity index (χ0) is 9.26. The van der Waals surface area contributed by atoms with Crippen LogP contribution in [0.25, 0.3) is 0 Å². The molecule has 1 aliphatic heterocycles. The number of hydrogen-bond donors (Lipinski definition) is 0. The van der Waals surface area contributed by atoms with Gasteiger partial charge in [0.05, 0.1) is 11.6 Å². The Hall–Kier alpha value is -0.900. The van der Waals surface area contributed by atoms with Crippen molar-refractivity contribution in [3.8, 4) is 17.2 Å². The van der Waals surface area contributed by atoms with E-state index in [0.717, 1.165) is 10.2 Å². The molecule has 1 aliphatic rings. The molecule has 0 amide bonds. The molecule has 1 heterocycles. The van der Waals surface area contributed by atoms with Crippen LogP contribution >= 0.6 is 15.9 Å². The molecular weight excluding hydrogens is 236 g/mol. The lowest BCUT2D eigenvalue weighted by Gasteiger charge is -2.20. The van der Waals surface area contributed by atoms with Crippen LogP contribution in [0.2, 0.25) is 0 Å². The molecular formula is C9H9BrO3. The van der Waals surface area contributed by atoms with Gasteiger partial charge in [-0.25, -0.2) is 0 Å². The average Bonchev–Trinajstić information content (AvgIpc) is 2.18. The number of hydrogen-bond acceptors (Lipinski definition) is 3. The van der Waals surface area contributed by atoms with Crippen LogP contribution in [-0.4, -0.2) is 20.3 Å². The number of ether oxygens (including phenoxy) is 3. The number of halogens is 1. The van der Waals surface area contributed by atoms with Crippen LogP contribution in [0.4, 0.5) is 0 Å². The van der Waals surface area contributed by atoms with Gasteiger partial charge < -0.3 is 14.2 Å². The lowest BCUT2D eigenvalue weighted by molar-refractivity contribution is 0.165. The molecule has 0 aliphatic carbocycles. The molecule has 1 aromatic rings. The van der Waals surface area contributed by atoms with Gasteiger partial charge in [-0.3, -0.25) is 0 Å². The van der Waals surface area contributed by atoms with Gasteiger partial charge in [-0.1, -0.05) is 0 Å². The van der Waals surface area contributed by atoms with Crippen molar-refractivity contribution in [2.24, 2.45) is 0 Å². The SMILES string of the molecule is COc1c(Br)ccc2c1OCCO2. The van der Waals surface area contributed by atoms with Gasteiger partial charge in [0.2, 0.25) is 5.75 Å². The van der Waals surface area contributed by atoms with E-state index < -0.39 is 0 Å². The van der Waals surface area contributed by atoms with Crippen molar-refractivity contribution < 1.29 is 14.2 Å². The first-order chi connectivity index (χ1) is 6.33. The fourth-order valence-electron chi connectivity index (χ4n) is 1.26. The van der Waals surface area contributed by atoms with Crippen molar-refractivity contribution in [1.82, 2.24) is 0 Å². The predicted octanol–water partition coefficient (Wildman–Crippen LogP) is 2.23. The van der Waals surface area contributed by atoms with Crippen LogP contribution < -0.4 is 14.2 Å². The van der Waals surface area contributed by atoms with Crippen LogP contribution in [0.5, 0.6) is 17.2 Å². The first kappa shape index (κ1) is 8.69. The Kier molecular flexibility index (Phi) is 2.31. The van der Waals surface area contributed by atoms with Crippen molar-refractivity contribution in [2.45, 2.75) is 0 Å². The highest BCUT2D eigenvalue weighted by Gasteiger charge is 2.18. The fourth-order valence-corrected chi connectivity index (χ4v) is 1.73. The summed E-state index contributed by atoms with van der Waals surface area (Å²) >= 11 is 3.37. The van der Waals surface area contributed by atoms with Crippen LogP contribution in [0.3, 0.4) is 0 Å². The second kappa shape index (κ2) is 3.46. The first-order valence-corrected chi connectivity index (χ1v) is 4.74. The molecule has 4 heteroatoms. The second-order valence-corrected chi connectivity index (χ2v) is 3.46. The molecule has 0 saturated carbocycles. The molecule has 13 heavy (non-hydrogen) atoms. The van der Waals surface area contributed by atoms with E-state index in [-0.39, 0.29) is 0 Å². The van der Waals surface area contributed by atoms with Crippen LogP contribution in [0.15, 0.2) is 16.6 Å². The van der Waals surface area contributed by atoms with Gasteiger partial charge in [0.15, 0.2) is 11.5 Å². The molecule has 3 nitrogen and oxygen atoms in total. The van der Waals surface area contributed by atoms with Crippen LogP contribution in [0.1, 0.15) is 0 Å². The number of methoxy groups -OCH3 is 1. The summed E-state index contributed by atoms with van der Waals surface area (Å²) in [6.07, 6.45) is 0. The molecule has 0 bridgehead atoms. The molecule has 70 valence electrons. The molecule has 0 spiro atoms. The highest BCUT2D eigenvalue weighted by Crippen LogP contribution is 2.43. The summed E-state index contributed by atoms with van der Waals surface area (Å²) in [6.45, 7) is 1.16. The third-order valence-corrected chi connectivity index (χ3v) is 2.44. The quantitative estimate of drug-likeness (QED) is 0.759. The Labute approximate surface area is 84.7 Å². The van der Waals surface area contributed by atoms with Gasteiger partial charge in [-0.05, 0) is 28.1 Å². The number of rotatable bonds is 1. The van der Waals surface area contributed by atoms with E-state index >= 15 is 0 Å². The lowest BCUT2D eigenvalue weighted by Crippen LogP contribution is -2.15. The standard InChI is InChI=1S/C9H9BrO3/c1-11-8-6(10)2-3-7-9(8)13-5-4-12-7/h2-3H,4-5H2,1H3. The van der Waals surface area contributed by atoms with Crippen molar-refractivity contribution in [1.29, 1.82) is 0 Å². The van der Waals surface area contributed by atoms with E-state index in [1.54, 1.807) is 7.11 Å². The minimum atomic E-state index is 0.569. The van der Waals surface area contributed by atoms with Gasteiger partial charge in [0.1, 0.15) is 13.2 Å². The van der Waals surface area contributed by atoms with Gasteiger partial charge >= 0.3 is 0 Å². The third kappa shape index (κ3) is 1.46. The van der Waals surface area contributed by atoms with Crippen molar-refractivity contribution >= 4 is 15.9 Å². The van der Waals surface area contributed by atoms with E-state index in [2.05, 4.69) is 15.9 Å². The van der Waals surface area contributed by atoms with Gasteiger partial charge in [0, 0.05) is 0 Å². The molecule has 0 N–H and O–H groups in total. The van der Waals surface area contributed by atoms with Crippen LogP contribution in [-0.2, 0) is 0 Å².